The molecule has 1 aliphatic heterocycles. The number of hydrogen-bond acceptors (Lipinski definition) is 1. The van der Waals surface area contributed by atoms with Gasteiger partial charge in [-0.1, -0.05) is 30.3 Å². The first-order chi connectivity index (χ1) is 8.93. The van der Waals surface area contributed by atoms with Crippen LogP contribution in [-0.4, -0.2) is 5.71 Å². The first-order valence-electron chi connectivity index (χ1n) is 6.01. The maximum Gasteiger partial charge on any atom is 0.0600 e. The second-order valence-electron chi connectivity index (χ2n) is 4.42. The van der Waals surface area contributed by atoms with Crippen LogP contribution in [0.5, 0.6) is 0 Å². The molecule has 0 bridgehead atoms. The zero-order chi connectivity index (χ0) is 11.9. The molecule has 1 radical (unpaired) electrons. The molecule has 3 aromatic rings. The normalized spacial score (nSPS) is 12.1. The van der Waals surface area contributed by atoms with Crippen molar-refractivity contribution in [3.05, 3.63) is 77.9 Å². The standard InChI is InChI=1S/C17H10N.Ir/c1-2-6-13(7-3-1)17-14-10-4-8-12-9-5-11-15(18-17)16(12)14;/h1-6,8-11H;/q-1;. The van der Waals surface area contributed by atoms with E-state index in [0.29, 0.717) is 0 Å². The Morgan fingerprint density at radius 1 is 0.842 bits per heavy atom. The van der Waals surface area contributed by atoms with Gasteiger partial charge in [0.05, 0.1) is 5.69 Å². The van der Waals surface area contributed by atoms with Crippen LogP contribution in [0, 0.1) is 6.07 Å². The van der Waals surface area contributed by atoms with Crippen LogP contribution in [0.2, 0.25) is 0 Å². The van der Waals surface area contributed by atoms with Gasteiger partial charge in [-0.2, -0.15) is 0 Å². The summed E-state index contributed by atoms with van der Waals surface area (Å²) in [5.41, 5.74) is 4.37. The Hall–Kier alpha value is -1.76. The first kappa shape index (κ1) is 12.3. The smallest absolute Gasteiger partial charge is 0.0600 e. The summed E-state index contributed by atoms with van der Waals surface area (Å²) in [7, 11) is 0. The maximum absolute atomic E-state index is 4.75. The zero-order valence-corrected chi connectivity index (χ0v) is 12.4. The van der Waals surface area contributed by atoms with E-state index in [1.54, 1.807) is 0 Å². The Labute approximate surface area is 125 Å². The number of aliphatic imine (C=N–C) groups is 1. The summed E-state index contributed by atoms with van der Waals surface area (Å²) in [5.74, 6) is 0. The third-order valence-corrected chi connectivity index (χ3v) is 3.33. The summed E-state index contributed by atoms with van der Waals surface area (Å²) >= 11 is 0. The van der Waals surface area contributed by atoms with Gasteiger partial charge < -0.3 is 0 Å². The number of rotatable bonds is 1. The molecule has 0 atom stereocenters. The average molecular weight is 420 g/mol. The predicted octanol–water partition coefficient (Wildman–Crippen LogP) is 4.12. The van der Waals surface area contributed by atoms with Crippen LogP contribution in [0.15, 0.2) is 65.7 Å². The molecule has 0 aliphatic carbocycles. The van der Waals surface area contributed by atoms with Gasteiger partial charge in [0.15, 0.2) is 0 Å². The van der Waals surface area contributed by atoms with Crippen LogP contribution in [0.25, 0.3) is 10.8 Å². The fourth-order valence-electron chi connectivity index (χ4n) is 2.54. The SMILES string of the molecule is [Ir].[c-]1ccccc1C1=Nc2cccc3cccc1c23. The Kier molecular flexibility index (Phi) is 3.06. The van der Waals surface area contributed by atoms with Crippen molar-refractivity contribution in [1.82, 2.24) is 0 Å². The van der Waals surface area contributed by atoms with E-state index in [2.05, 4.69) is 48.5 Å². The monoisotopic (exact) mass is 421 g/mol. The van der Waals surface area contributed by atoms with E-state index < -0.39 is 0 Å². The van der Waals surface area contributed by atoms with Crippen molar-refractivity contribution in [2.45, 2.75) is 0 Å². The fraction of sp³-hybridized carbons (Fsp3) is 0. The van der Waals surface area contributed by atoms with Crippen molar-refractivity contribution in [3.63, 3.8) is 0 Å². The van der Waals surface area contributed by atoms with Crippen LogP contribution < -0.4 is 0 Å². The predicted molar refractivity (Wildman–Crippen MR) is 74.5 cm³/mol. The average Bonchev–Trinajstić information content (AvgIpc) is 2.82. The van der Waals surface area contributed by atoms with E-state index in [1.165, 1.54) is 16.3 Å². The summed E-state index contributed by atoms with van der Waals surface area (Å²) in [5, 5.41) is 2.51. The molecule has 0 saturated heterocycles. The molecular formula is C17H10IrN-. The minimum Gasteiger partial charge on any atom is -0.296 e. The molecule has 0 amide bonds. The van der Waals surface area contributed by atoms with Gasteiger partial charge in [-0.25, -0.2) is 0 Å². The van der Waals surface area contributed by atoms with Gasteiger partial charge in [-0.3, -0.25) is 4.99 Å². The molecule has 0 fully saturated rings. The minimum absolute atomic E-state index is 0. The summed E-state index contributed by atoms with van der Waals surface area (Å²) in [6.07, 6.45) is 0. The van der Waals surface area contributed by atoms with Crippen LogP contribution in [0.4, 0.5) is 5.69 Å². The van der Waals surface area contributed by atoms with Crippen LogP contribution in [0.1, 0.15) is 11.1 Å². The second kappa shape index (κ2) is 4.73. The minimum atomic E-state index is 0. The van der Waals surface area contributed by atoms with E-state index in [9.17, 15) is 0 Å². The topological polar surface area (TPSA) is 12.4 Å². The summed E-state index contributed by atoms with van der Waals surface area (Å²) in [6.45, 7) is 0. The Balaban J connectivity index is 0.00000110. The van der Waals surface area contributed by atoms with Crippen LogP contribution in [0.3, 0.4) is 0 Å². The fourth-order valence-corrected chi connectivity index (χ4v) is 2.54. The van der Waals surface area contributed by atoms with E-state index in [0.717, 1.165) is 17.0 Å². The summed E-state index contributed by atoms with van der Waals surface area (Å²) in [4.78, 5) is 4.75. The van der Waals surface area contributed by atoms with Crippen molar-refractivity contribution in [3.8, 4) is 0 Å². The van der Waals surface area contributed by atoms with E-state index >= 15 is 0 Å². The van der Waals surface area contributed by atoms with Gasteiger partial charge in [-0.05, 0) is 22.7 Å². The van der Waals surface area contributed by atoms with E-state index in [4.69, 9.17) is 4.99 Å². The van der Waals surface area contributed by atoms with Crippen molar-refractivity contribution < 1.29 is 20.1 Å². The maximum atomic E-state index is 4.75. The van der Waals surface area contributed by atoms with Crippen molar-refractivity contribution >= 4 is 22.2 Å². The molecule has 0 aromatic heterocycles. The Morgan fingerprint density at radius 2 is 1.68 bits per heavy atom. The zero-order valence-electron chi connectivity index (χ0n) is 10.1. The van der Waals surface area contributed by atoms with Gasteiger partial charge in [0.25, 0.3) is 0 Å². The third-order valence-electron chi connectivity index (χ3n) is 3.33. The van der Waals surface area contributed by atoms with Crippen LogP contribution in [-0.2, 0) is 20.1 Å². The number of benzene rings is 3. The molecule has 4 rings (SSSR count). The number of hydrogen-bond donors (Lipinski definition) is 0. The van der Waals surface area contributed by atoms with Gasteiger partial charge in [0.1, 0.15) is 0 Å². The van der Waals surface area contributed by atoms with Crippen molar-refractivity contribution in [2.75, 3.05) is 0 Å². The largest absolute Gasteiger partial charge is 0.296 e. The van der Waals surface area contributed by atoms with E-state index in [-0.39, 0.29) is 20.1 Å². The molecule has 93 valence electrons. The van der Waals surface area contributed by atoms with Gasteiger partial charge in [-0.15, -0.1) is 35.9 Å². The molecule has 1 nitrogen and oxygen atoms in total. The first-order valence-corrected chi connectivity index (χ1v) is 6.01. The third kappa shape index (κ3) is 1.85. The Bertz CT molecular complexity index is 770. The van der Waals surface area contributed by atoms with Crippen molar-refractivity contribution in [1.29, 1.82) is 0 Å². The number of nitrogens with zero attached hydrogens (tertiary/aromatic N) is 1. The molecule has 0 unspecified atom stereocenters. The molecule has 0 spiro atoms. The molecule has 0 saturated carbocycles. The summed E-state index contributed by atoms with van der Waals surface area (Å²) < 4.78 is 0. The Morgan fingerprint density at radius 3 is 2.47 bits per heavy atom. The molecule has 3 aromatic carbocycles. The van der Waals surface area contributed by atoms with Crippen LogP contribution >= 0.6 is 0 Å². The van der Waals surface area contributed by atoms with E-state index in [1.807, 2.05) is 18.2 Å². The van der Waals surface area contributed by atoms with Gasteiger partial charge in [0.2, 0.25) is 0 Å². The van der Waals surface area contributed by atoms with Gasteiger partial charge >= 0.3 is 0 Å². The molecular weight excluding hydrogens is 410 g/mol. The molecule has 2 heteroatoms. The second-order valence-corrected chi connectivity index (χ2v) is 4.42. The molecule has 19 heavy (non-hydrogen) atoms. The molecule has 0 N–H and O–H groups in total. The molecule has 1 aliphatic rings. The summed E-state index contributed by atoms with van der Waals surface area (Å²) in [6, 6.07) is 23.9. The quantitative estimate of drug-likeness (QED) is 0.411. The molecule has 1 heterocycles. The van der Waals surface area contributed by atoms with Gasteiger partial charge in [0, 0.05) is 25.5 Å². The van der Waals surface area contributed by atoms with Crippen molar-refractivity contribution in [2.24, 2.45) is 4.99 Å².